The Morgan fingerprint density at radius 3 is 2.64 bits per heavy atom. The number of phenolic OH excluding ortho intramolecular Hbond substituents is 1. The fourth-order valence-corrected chi connectivity index (χ4v) is 2.37. The average molecular weight is 366 g/mol. The molecule has 0 bridgehead atoms. The lowest BCUT2D eigenvalue weighted by molar-refractivity contribution is -0.135. The smallest absolute Gasteiger partial charge is 0.342 e. The fourth-order valence-electron chi connectivity index (χ4n) is 2.21. The number of ether oxygens (including phenoxy) is 1. The number of carbonyl (C=O) groups is 2. The van der Waals surface area contributed by atoms with Crippen molar-refractivity contribution in [2.24, 2.45) is 0 Å². The Hall–Kier alpha value is -2.60. The largest absolute Gasteiger partial charge is 0.507 e. The lowest BCUT2D eigenvalue weighted by Crippen LogP contribution is -2.34. The molecule has 7 heteroatoms. The van der Waals surface area contributed by atoms with E-state index in [9.17, 15) is 19.1 Å². The number of nitrogens with zero attached hydrogens (tertiary/aromatic N) is 1. The summed E-state index contributed by atoms with van der Waals surface area (Å²) >= 11 is 5.70. The van der Waals surface area contributed by atoms with E-state index in [0.29, 0.717) is 12.1 Å². The summed E-state index contributed by atoms with van der Waals surface area (Å²) in [7, 11) is 0. The zero-order chi connectivity index (χ0) is 18.4. The number of hydrogen-bond donors (Lipinski definition) is 1. The van der Waals surface area contributed by atoms with Gasteiger partial charge in [-0.1, -0.05) is 23.7 Å². The number of phenols is 1. The minimum Gasteiger partial charge on any atom is -0.507 e. The molecule has 0 aromatic heterocycles. The van der Waals surface area contributed by atoms with Crippen molar-refractivity contribution in [2.45, 2.75) is 13.5 Å². The number of esters is 1. The van der Waals surface area contributed by atoms with E-state index in [0.717, 1.165) is 0 Å². The maximum absolute atomic E-state index is 13.2. The van der Waals surface area contributed by atoms with Gasteiger partial charge in [0.2, 0.25) is 0 Å². The van der Waals surface area contributed by atoms with E-state index in [1.165, 1.54) is 35.2 Å². The van der Waals surface area contributed by atoms with Gasteiger partial charge in [0.25, 0.3) is 5.91 Å². The Balaban J connectivity index is 1.96. The zero-order valence-electron chi connectivity index (χ0n) is 13.5. The van der Waals surface area contributed by atoms with Crippen molar-refractivity contribution >= 4 is 23.5 Å². The SMILES string of the molecule is CCN(Cc1cccc(F)c1)C(=O)COC(=O)c1ccc(Cl)cc1O. The van der Waals surface area contributed by atoms with E-state index >= 15 is 0 Å². The van der Waals surface area contributed by atoms with Crippen LogP contribution < -0.4 is 0 Å². The molecule has 1 N–H and O–H groups in total. The monoisotopic (exact) mass is 365 g/mol. The highest BCUT2D eigenvalue weighted by atomic mass is 35.5. The van der Waals surface area contributed by atoms with Crippen LogP contribution in [0.15, 0.2) is 42.5 Å². The molecule has 1 amide bonds. The summed E-state index contributed by atoms with van der Waals surface area (Å²) < 4.78 is 18.2. The van der Waals surface area contributed by atoms with Crippen LogP contribution in [0.4, 0.5) is 4.39 Å². The molecule has 0 saturated heterocycles. The number of likely N-dealkylation sites (N-methyl/N-ethyl adjacent to an activating group) is 1. The van der Waals surface area contributed by atoms with E-state index < -0.39 is 18.5 Å². The first-order chi connectivity index (χ1) is 11.9. The first-order valence-electron chi connectivity index (χ1n) is 7.58. The van der Waals surface area contributed by atoms with Crippen LogP contribution in [-0.4, -0.2) is 35.0 Å². The lowest BCUT2D eigenvalue weighted by atomic mass is 10.2. The van der Waals surface area contributed by atoms with Crippen molar-refractivity contribution in [3.8, 4) is 5.75 Å². The van der Waals surface area contributed by atoms with Crippen LogP contribution in [0.5, 0.6) is 5.75 Å². The van der Waals surface area contributed by atoms with Gasteiger partial charge in [0.1, 0.15) is 17.1 Å². The van der Waals surface area contributed by atoms with E-state index in [1.54, 1.807) is 19.1 Å². The van der Waals surface area contributed by atoms with E-state index in [1.807, 2.05) is 0 Å². The Bertz CT molecular complexity index is 781. The van der Waals surface area contributed by atoms with Crippen LogP contribution in [0.25, 0.3) is 0 Å². The van der Waals surface area contributed by atoms with Crippen LogP contribution in [-0.2, 0) is 16.1 Å². The second-order valence-corrected chi connectivity index (χ2v) is 5.71. The van der Waals surface area contributed by atoms with Crippen LogP contribution in [0.2, 0.25) is 5.02 Å². The Kier molecular flexibility index (Phi) is 6.36. The van der Waals surface area contributed by atoms with E-state index in [2.05, 4.69) is 0 Å². The molecule has 0 aliphatic carbocycles. The molecule has 0 saturated carbocycles. The number of hydrogen-bond acceptors (Lipinski definition) is 4. The molecule has 2 aromatic carbocycles. The third-order valence-electron chi connectivity index (χ3n) is 3.50. The van der Waals surface area contributed by atoms with Gasteiger partial charge in [-0.05, 0) is 42.8 Å². The number of rotatable bonds is 6. The normalized spacial score (nSPS) is 10.4. The minimum atomic E-state index is -0.829. The highest BCUT2D eigenvalue weighted by molar-refractivity contribution is 6.30. The molecule has 0 aliphatic heterocycles. The molecule has 0 spiro atoms. The lowest BCUT2D eigenvalue weighted by Gasteiger charge is -2.21. The molecule has 0 aliphatic rings. The van der Waals surface area contributed by atoms with Crippen LogP contribution in [0, 0.1) is 5.82 Å². The molecular weight excluding hydrogens is 349 g/mol. The van der Waals surface area contributed by atoms with E-state index in [-0.39, 0.29) is 28.7 Å². The second kappa shape index (κ2) is 8.48. The molecule has 0 atom stereocenters. The summed E-state index contributed by atoms with van der Waals surface area (Å²) in [5.74, 6) is -1.96. The van der Waals surface area contributed by atoms with E-state index in [4.69, 9.17) is 16.3 Å². The van der Waals surface area contributed by atoms with Crippen molar-refractivity contribution in [1.29, 1.82) is 0 Å². The van der Waals surface area contributed by atoms with Crippen molar-refractivity contribution in [2.75, 3.05) is 13.2 Å². The van der Waals surface area contributed by atoms with Crippen LogP contribution in [0.3, 0.4) is 0 Å². The molecule has 0 heterocycles. The van der Waals surface area contributed by atoms with Gasteiger partial charge in [-0.15, -0.1) is 0 Å². The quantitative estimate of drug-likeness (QED) is 0.797. The Morgan fingerprint density at radius 1 is 1.24 bits per heavy atom. The highest BCUT2D eigenvalue weighted by Gasteiger charge is 2.18. The number of halogens is 2. The molecule has 0 unspecified atom stereocenters. The summed E-state index contributed by atoms with van der Waals surface area (Å²) in [6.45, 7) is 1.87. The van der Waals surface area contributed by atoms with Gasteiger partial charge < -0.3 is 14.7 Å². The summed E-state index contributed by atoms with van der Waals surface area (Å²) in [6.07, 6.45) is 0. The Labute approximate surface area is 149 Å². The topological polar surface area (TPSA) is 66.8 Å². The third kappa shape index (κ3) is 5.19. The zero-order valence-corrected chi connectivity index (χ0v) is 14.3. The highest BCUT2D eigenvalue weighted by Crippen LogP contribution is 2.22. The molecule has 5 nitrogen and oxygen atoms in total. The van der Waals surface area contributed by atoms with Gasteiger partial charge in [-0.2, -0.15) is 0 Å². The molecule has 2 rings (SSSR count). The van der Waals surface area contributed by atoms with Crippen molar-refractivity contribution in [3.63, 3.8) is 0 Å². The van der Waals surface area contributed by atoms with Gasteiger partial charge in [0.05, 0.1) is 0 Å². The number of benzene rings is 2. The summed E-state index contributed by atoms with van der Waals surface area (Å²) in [4.78, 5) is 25.6. The van der Waals surface area contributed by atoms with Crippen molar-refractivity contribution < 1.29 is 23.8 Å². The van der Waals surface area contributed by atoms with Crippen molar-refractivity contribution in [1.82, 2.24) is 4.90 Å². The Morgan fingerprint density at radius 2 is 2.00 bits per heavy atom. The maximum atomic E-state index is 13.2. The van der Waals surface area contributed by atoms with Gasteiger partial charge in [-0.25, -0.2) is 9.18 Å². The first-order valence-corrected chi connectivity index (χ1v) is 7.96. The molecule has 2 aromatic rings. The molecule has 0 radical (unpaired) electrons. The van der Waals surface area contributed by atoms with Gasteiger partial charge in [0.15, 0.2) is 6.61 Å². The minimum absolute atomic E-state index is 0.0784. The summed E-state index contributed by atoms with van der Waals surface area (Å²) in [5, 5.41) is 9.96. The summed E-state index contributed by atoms with van der Waals surface area (Å²) in [5.41, 5.74) is 0.558. The van der Waals surface area contributed by atoms with Crippen molar-refractivity contribution in [3.05, 3.63) is 64.4 Å². The average Bonchev–Trinajstić information content (AvgIpc) is 2.57. The number of carbonyl (C=O) groups excluding carboxylic acids is 2. The van der Waals surface area contributed by atoms with Gasteiger partial charge >= 0.3 is 5.97 Å². The van der Waals surface area contributed by atoms with Crippen LogP contribution in [0.1, 0.15) is 22.8 Å². The first kappa shape index (κ1) is 18.7. The van der Waals surface area contributed by atoms with Gasteiger partial charge in [-0.3, -0.25) is 4.79 Å². The standard InChI is InChI=1S/C18H17ClFNO4/c1-2-21(10-12-4-3-5-14(20)8-12)17(23)11-25-18(24)15-7-6-13(19)9-16(15)22/h3-9,22H,2,10-11H2,1H3. The predicted octanol–water partition coefficient (Wildman–Crippen LogP) is 3.39. The third-order valence-corrected chi connectivity index (χ3v) is 3.74. The molecule has 0 fully saturated rings. The molecule has 132 valence electrons. The fraction of sp³-hybridized carbons (Fsp3) is 0.222. The predicted molar refractivity (Wildman–Crippen MR) is 90.9 cm³/mol. The summed E-state index contributed by atoms with van der Waals surface area (Å²) in [6, 6.07) is 9.89. The number of amides is 1. The molecular formula is C18H17ClFNO4. The van der Waals surface area contributed by atoms with Gasteiger partial charge in [0, 0.05) is 18.1 Å². The number of aromatic hydroxyl groups is 1. The molecule has 25 heavy (non-hydrogen) atoms. The second-order valence-electron chi connectivity index (χ2n) is 5.28. The van der Waals surface area contributed by atoms with Crippen LogP contribution >= 0.6 is 11.6 Å². The maximum Gasteiger partial charge on any atom is 0.342 e.